The average molecular weight is 466 g/mol. The van der Waals surface area contributed by atoms with Crippen molar-refractivity contribution in [1.29, 1.82) is 0 Å². The second-order valence-electron chi connectivity index (χ2n) is 9.60. The van der Waals surface area contributed by atoms with Crippen molar-refractivity contribution in [3.63, 3.8) is 0 Å². The van der Waals surface area contributed by atoms with Crippen molar-refractivity contribution < 1.29 is 23.1 Å². The van der Waals surface area contributed by atoms with Crippen molar-refractivity contribution in [1.82, 2.24) is 20.2 Å². The van der Waals surface area contributed by atoms with Crippen LogP contribution in [0.1, 0.15) is 38.2 Å². The van der Waals surface area contributed by atoms with Gasteiger partial charge in [0.2, 0.25) is 5.91 Å². The summed E-state index contributed by atoms with van der Waals surface area (Å²) in [7, 11) is 1.99. The maximum atomic E-state index is 13.5. The molecule has 2 aromatic rings. The van der Waals surface area contributed by atoms with Gasteiger partial charge in [0.25, 0.3) is 0 Å². The van der Waals surface area contributed by atoms with E-state index in [-0.39, 0.29) is 35.3 Å². The second-order valence-corrected chi connectivity index (χ2v) is 9.60. The van der Waals surface area contributed by atoms with Gasteiger partial charge in [-0.3, -0.25) is 14.8 Å². The van der Waals surface area contributed by atoms with Crippen LogP contribution in [0.3, 0.4) is 0 Å². The summed E-state index contributed by atoms with van der Waals surface area (Å²) in [5.41, 5.74) is -1.20. The molecule has 2 aliphatic rings. The number of benzene rings is 1. The maximum Gasteiger partial charge on any atom is 0.418 e. The third kappa shape index (κ3) is 5.38. The molecule has 10 heteroatoms. The molecule has 2 atom stereocenters. The number of fused-ring (bicyclic) bond motifs is 1. The fourth-order valence-electron chi connectivity index (χ4n) is 4.97. The molecule has 0 radical (unpaired) electrons. The highest BCUT2D eigenvalue weighted by Gasteiger charge is 2.37. The molecule has 0 saturated carbocycles. The predicted octanol–water partition coefficient (Wildman–Crippen LogP) is 2.83. The Bertz CT molecular complexity index is 1010. The lowest BCUT2D eigenvalue weighted by atomic mass is 9.87. The van der Waals surface area contributed by atoms with Gasteiger partial charge >= 0.3 is 6.18 Å². The van der Waals surface area contributed by atoms with E-state index in [1.807, 2.05) is 18.9 Å². The number of aromatic nitrogens is 2. The lowest BCUT2D eigenvalue weighted by Gasteiger charge is -2.39. The summed E-state index contributed by atoms with van der Waals surface area (Å²) >= 11 is 0. The quantitative estimate of drug-likeness (QED) is 0.723. The molecule has 33 heavy (non-hydrogen) atoms. The highest BCUT2D eigenvalue weighted by Crippen LogP contribution is 2.37. The molecule has 1 unspecified atom stereocenters. The number of carbonyl (C=O) groups is 1. The molecule has 2 aliphatic heterocycles. The van der Waals surface area contributed by atoms with Crippen LogP contribution in [0.15, 0.2) is 24.5 Å². The third-order valence-electron chi connectivity index (χ3n) is 6.68. The summed E-state index contributed by atoms with van der Waals surface area (Å²) < 4.78 is 40.4. The maximum absolute atomic E-state index is 13.5. The first kappa shape index (κ1) is 23.7. The summed E-state index contributed by atoms with van der Waals surface area (Å²) in [6.07, 6.45) is 0.0548. The Morgan fingerprint density at radius 1 is 1.18 bits per heavy atom. The molecule has 1 aromatic heterocycles. The number of nitrogens with zero attached hydrogens (tertiary/aromatic N) is 4. The van der Waals surface area contributed by atoms with Gasteiger partial charge in [-0.05, 0) is 44.4 Å². The van der Waals surface area contributed by atoms with E-state index in [9.17, 15) is 23.1 Å². The summed E-state index contributed by atoms with van der Waals surface area (Å²) in [6, 6.07) is 2.32. The van der Waals surface area contributed by atoms with E-state index in [4.69, 9.17) is 0 Å². The van der Waals surface area contributed by atoms with Gasteiger partial charge in [0.05, 0.1) is 23.3 Å². The van der Waals surface area contributed by atoms with E-state index in [1.54, 1.807) is 0 Å². The van der Waals surface area contributed by atoms with Gasteiger partial charge in [0.1, 0.15) is 11.0 Å². The fraction of sp³-hybridized carbons (Fsp3) is 0.609. The number of nitrogens with one attached hydrogen (secondary N) is 1. The van der Waals surface area contributed by atoms with Crippen LogP contribution in [0.4, 0.5) is 18.9 Å². The van der Waals surface area contributed by atoms with Crippen molar-refractivity contribution in [2.24, 2.45) is 5.92 Å². The normalized spacial score (nSPS) is 24.1. The Hall–Kier alpha value is -2.46. The molecule has 180 valence electrons. The molecule has 1 aromatic carbocycles. The van der Waals surface area contributed by atoms with Gasteiger partial charge in [-0.15, -0.1) is 0 Å². The van der Waals surface area contributed by atoms with Crippen LogP contribution in [-0.2, 0) is 11.0 Å². The molecule has 0 aliphatic carbocycles. The van der Waals surface area contributed by atoms with Crippen LogP contribution in [0, 0.1) is 5.92 Å². The van der Waals surface area contributed by atoms with E-state index in [0.717, 1.165) is 25.6 Å². The molecule has 2 saturated heterocycles. The Kier molecular flexibility index (Phi) is 6.50. The molecule has 0 bridgehead atoms. The van der Waals surface area contributed by atoms with Crippen LogP contribution in [0.2, 0.25) is 0 Å². The summed E-state index contributed by atoms with van der Waals surface area (Å²) in [6.45, 7) is 4.64. The number of piperidine rings is 2. The van der Waals surface area contributed by atoms with Crippen LogP contribution in [0.5, 0.6) is 0 Å². The van der Waals surface area contributed by atoms with Gasteiger partial charge in [-0.25, -0.2) is 0 Å². The number of hydrogen-bond acceptors (Lipinski definition) is 6. The minimum atomic E-state index is -4.52. The number of carbonyl (C=O) groups excluding carboxylic acids is 1. The number of halogens is 3. The SMILES string of the molecule is C[C@H]1CC(NC(=O)CC2(O)CCN(C)CC2)CN(c2ccc(C(F)(F)F)c3nccnc23)C1. The summed E-state index contributed by atoms with van der Waals surface area (Å²) in [5.74, 6) is 0.0163. The van der Waals surface area contributed by atoms with Crippen LogP contribution in [-0.4, -0.2) is 70.8 Å². The molecule has 2 N–H and O–H groups in total. The van der Waals surface area contributed by atoms with Gasteiger partial charge in [-0.1, -0.05) is 6.92 Å². The summed E-state index contributed by atoms with van der Waals surface area (Å²) in [5, 5.41) is 13.8. The largest absolute Gasteiger partial charge is 0.418 e. The van der Waals surface area contributed by atoms with Crippen LogP contribution in [0.25, 0.3) is 11.0 Å². The van der Waals surface area contributed by atoms with Crippen LogP contribution >= 0.6 is 0 Å². The second kappa shape index (κ2) is 9.06. The first-order valence-electron chi connectivity index (χ1n) is 11.3. The zero-order chi connectivity index (χ0) is 23.8. The van der Waals surface area contributed by atoms with Gasteiger partial charge in [0.15, 0.2) is 0 Å². The van der Waals surface area contributed by atoms with Crippen molar-refractivity contribution in [3.05, 3.63) is 30.1 Å². The molecule has 7 nitrogen and oxygen atoms in total. The molecule has 0 spiro atoms. The smallest absolute Gasteiger partial charge is 0.389 e. The topological polar surface area (TPSA) is 81.6 Å². The van der Waals surface area contributed by atoms with E-state index in [2.05, 4.69) is 20.2 Å². The third-order valence-corrected chi connectivity index (χ3v) is 6.68. The van der Waals surface area contributed by atoms with Crippen LogP contribution < -0.4 is 10.2 Å². The first-order valence-corrected chi connectivity index (χ1v) is 11.3. The summed E-state index contributed by atoms with van der Waals surface area (Å²) in [4.78, 5) is 25.0. The average Bonchev–Trinajstić information content (AvgIpc) is 2.74. The Morgan fingerprint density at radius 3 is 2.52 bits per heavy atom. The number of anilines is 1. The zero-order valence-corrected chi connectivity index (χ0v) is 18.9. The standard InChI is InChI=1S/C23H30F3N5O2/c1-15-11-16(29-19(32)12-22(33)5-9-30(2)10-6-22)14-31(13-15)18-4-3-17(23(24,25)26)20-21(18)28-8-7-27-20/h3-4,7-8,15-16,33H,5-6,9-14H2,1-2H3,(H,29,32)/t15-,16?/m0/s1. The number of alkyl halides is 3. The van der Waals surface area contributed by atoms with Crippen molar-refractivity contribution >= 4 is 22.6 Å². The van der Waals surface area contributed by atoms with Crippen molar-refractivity contribution in [2.75, 3.05) is 38.1 Å². The van der Waals surface area contributed by atoms with E-state index >= 15 is 0 Å². The Balaban J connectivity index is 1.50. The van der Waals surface area contributed by atoms with Gasteiger partial charge < -0.3 is 20.2 Å². The number of amides is 1. The number of likely N-dealkylation sites (tertiary alicyclic amines) is 1. The zero-order valence-electron chi connectivity index (χ0n) is 18.9. The molecular formula is C23H30F3N5O2. The fourth-order valence-corrected chi connectivity index (χ4v) is 4.97. The Labute approximate surface area is 191 Å². The van der Waals surface area contributed by atoms with Crippen molar-refractivity contribution in [3.8, 4) is 0 Å². The highest BCUT2D eigenvalue weighted by molar-refractivity contribution is 5.91. The van der Waals surface area contributed by atoms with E-state index < -0.39 is 17.3 Å². The van der Waals surface area contributed by atoms with Gasteiger partial charge in [-0.2, -0.15) is 13.2 Å². The molecule has 2 fully saturated rings. The van der Waals surface area contributed by atoms with E-state index in [1.165, 1.54) is 18.5 Å². The molecule has 3 heterocycles. The van der Waals surface area contributed by atoms with Crippen molar-refractivity contribution in [2.45, 2.75) is 50.4 Å². The lowest BCUT2D eigenvalue weighted by molar-refractivity contribution is -0.136. The minimum absolute atomic E-state index is 0.0560. The Morgan fingerprint density at radius 2 is 1.85 bits per heavy atom. The lowest BCUT2D eigenvalue weighted by Crippen LogP contribution is -2.52. The van der Waals surface area contributed by atoms with Gasteiger partial charge in [0, 0.05) is 44.6 Å². The van der Waals surface area contributed by atoms with E-state index in [0.29, 0.717) is 31.6 Å². The monoisotopic (exact) mass is 465 g/mol. The highest BCUT2D eigenvalue weighted by atomic mass is 19.4. The molecule has 4 rings (SSSR count). The number of rotatable bonds is 4. The molecule has 1 amide bonds. The first-order chi connectivity index (χ1) is 15.5. The number of aliphatic hydroxyl groups is 1. The number of hydrogen-bond donors (Lipinski definition) is 2. The minimum Gasteiger partial charge on any atom is -0.389 e. The predicted molar refractivity (Wildman–Crippen MR) is 119 cm³/mol. The molecular weight excluding hydrogens is 435 g/mol.